The molecular weight excluding hydrogens is 338 g/mol. The Morgan fingerprint density at radius 3 is 2.74 bits per heavy atom. The summed E-state index contributed by atoms with van der Waals surface area (Å²) in [7, 11) is 0. The number of aromatic nitrogens is 3. The molecule has 0 aliphatic heterocycles. The normalized spacial score (nSPS) is 12.2. The van der Waals surface area contributed by atoms with E-state index in [1.54, 1.807) is 11.6 Å². The fraction of sp³-hybridized carbons (Fsp3) is 0.400. The number of aryl methyl sites for hydroxylation is 1. The molecule has 0 saturated heterocycles. The molecule has 0 radical (unpaired) electrons. The van der Waals surface area contributed by atoms with Gasteiger partial charge in [-0.15, -0.1) is 28.5 Å². The number of halogens is 1. The number of hydrogen-bond donors (Lipinski definition) is 1. The summed E-state index contributed by atoms with van der Waals surface area (Å²) < 4.78 is 6.58. The Hall–Kier alpha value is -1.57. The van der Waals surface area contributed by atoms with Crippen molar-refractivity contribution in [2.45, 2.75) is 25.0 Å². The van der Waals surface area contributed by atoms with Crippen LogP contribution in [0.1, 0.15) is 23.0 Å². The third-order valence-electron chi connectivity index (χ3n) is 2.97. The maximum Gasteiger partial charge on any atom is 0.361 e. The van der Waals surface area contributed by atoms with E-state index in [1.807, 2.05) is 31.2 Å². The van der Waals surface area contributed by atoms with Crippen LogP contribution in [-0.2, 0) is 4.74 Å². The van der Waals surface area contributed by atoms with Crippen molar-refractivity contribution >= 4 is 29.3 Å². The van der Waals surface area contributed by atoms with Crippen LogP contribution in [0.2, 0.25) is 0 Å². The molecule has 23 heavy (non-hydrogen) atoms. The number of hydrogen-bond acceptors (Lipinski definition) is 6. The van der Waals surface area contributed by atoms with Crippen molar-refractivity contribution in [1.29, 1.82) is 0 Å². The third kappa shape index (κ3) is 4.46. The second kappa shape index (κ2) is 8.33. The van der Waals surface area contributed by atoms with Gasteiger partial charge in [0.15, 0.2) is 0 Å². The van der Waals surface area contributed by atoms with Gasteiger partial charge in [0, 0.05) is 11.6 Å². The Morgan fingerprint density at radius 2 is 2.13 bits per heavy atom. The predicted octanol–water partition coefficient (Wildman–Crippen LogP) is 2.44. The van der Waals surface area contributed by atoms with E-state index in [9.17, 15) is 9.90 Å². The SMILES string of the molecule is CCOC(=O)c1nnn(-c2ccc(C)cc2)c1SCC(O)CCl. The average molecular weight is 356 g/mol. The highest BCUT2D eigenvalue weighted by molar-refractivity contribution is 7.99. The van der Waals surface area contributed by atoms with E-state index in [2.05, 4.69) is 10.3 Å². The van der Waals surface area contributed by atoms with Gasteiger partial charge in [-0.1, -0.05) is 22.9 Å². The molecule has 1 N–H and O–H groups in total. The van der Waals surface area contributed by atoms with Gasteiger partial charge in [0.2, 0.25) is 5.69 Å². The topological polar surface area (TPSA) is 77.2 Å². The lowest BCUT2D eigenvalue weighted by atomic mass is 10.2. The summed E-state index contributed by atoms with van der Waals surface area (Å²) in [6.45, 7) is 3.97. The van der Waals surface area contributed by atoms with Crippen LogP contribution >= 0.6 is 23.4 Å². The smallest absolute Gasteiger partial charge is 0.361 e. The summed E-state index contributed by atoms with van der Waals surface area (Å²) in [5, 5.41) is 18.2. The minimum atomic E-state index is -0.682. The summed E-state index contributed by atoms with van der Waals surface area (Å²) in [6.07, 6.45) is -0.682. The molecule has 0 saturated carbocycles. The molecule has 0 fully saturated rings. The molecule has 6 nitrogen and oxygen atoms in total. The first-order valence-corrected chi connectivity index (χ1v) is 8.65. The van der Waals surface area contributed by atoms with Crippen LogP contribution in [0.5, 0.6) is 0 Å². The molecule has 0 amide bonds. The van der Waals surface area contributed by atoms with E-state index in [0.717, 1.165) is 11.3 Å². The molecule has 1 aromatic carbocycles. The fourth-order valence-electron chi connectivity index (χ4n) is 1.80. The molecule has 1 aromatic heterocycles. The minimum Gasteiger partial charge on any atom is -0.461 e. The van der Waals surface area contributed by atoms with Gasteiger partial charge in [-0.3, -0.25) is 0 Å². The van der Waals surface area contributed by atoms with E-state index in [1.165, 1.54) is 11.8 Å². The first-order valence-electron chi connectivity index (χ1n) is 7.13. The molecule has 1 unspecified atom stereocenters. The molecule has 0 aliphatic carbocycles. The Balaban J connectivity index is 2.37. The van der Waals surface area contributed by atoms with Gasteiger partial charge in [0.1, 0.15) is 5.03 Å². The Kier molecular flexibility index (Phi) is 6.44. The monoisotopic (exact) mass is 355 g/mol. The zero-order valence-corrected chi connectivity index (χ0v) is 14.5. The van der Waals surface area contributed by atoms with Crippen LogP contribution in [-0.4, -0.2) is 50.4 Å². The lowest BCUT2D eigenvalue weighted by Gasteiger charge is -2.10. The van der Waals surface area contributed by atoms with Crippen LogP contribution in [0.3, 0.4) is 0 Å². The first-order chi connectivity index (χ1) is 11.1. The van der Waals surface area contributed by atoms with Gasteiger partial charge < -0.3 is 9.84 Å². The minimum absolute atomic E-state index is 0.119. The number of rotatable bonds is 7. The maximum atomic E-state index is 12.0. The van der Waals surface area contributed by atoms with Gasteiger partial charge in [0.25, 0.3) is 0 Å². The van der Waals surface area contributed by atoms with Crippen molar-refractivity contribution in [3.05, 3.63) is 35.5 Å². The molecular formula is C15H18ClN3O3S. The summed E-state index contributed by atoms with van der Waals surface area (Å²) in [6, 6.07) is 7.67. The van der Waals surface area contributed by atoms with Crippen LogP contribution in [0.25, 0.3) is 5.69 Å². The number of ether oxygens (including phenoxy) is 1. The lowest BCUT2D eigenvalue weighted by Crippen LogP contribution is -2.13. The summed E-state index contributed by atoms with van der Waals surface area (Å²) >= 11 is 6.89. The molecule has 1 heterocycles. The zero-order chi connectivity index (χ0) is 16.8. The van der Waals surface area contributed by atoms with Crippen LogP contribution in [0, 0.1) is 6.92 Å². The average Bonchev–Trinajstić information content (AvgIpc) is 2.97. The van der Waals surface area contributed by atoms with Crippen molar-refractivity contribution in [3.8, 4) is 5.69 Å². The largest absolute Gasteiger partial charge is 0.461 e. The second-order valence-electron chi connectivity index (χ2n) is 4.83. The molecule has 2 rings (SSSR count). The number of benzene rings is 1. The molecule has 0 spiro atoms. The number of carbonyl (C=O) groups excluding carboxylic acids is 1. The van der Waals surface area contributed by atoms with Crippen LogP contribution in [0.15, 0.2) is 29.3 Å². The van der Waals surface area contributed by atoms with Gasteiger partial charge in [-0.2, -0.15) is 0 Å². The molecule has 0 bridgehead atoms. The van der Waals surface area contributed by atoms with Crippen molar-refractivity contribution in [3.63, 3.8) is 0 Å². The summed E-state index contributed by atoms with van der Waals surface area (Å²) in [4.78, 5) is 12.0. The van der Waals surface area contributed by atoms with Gasteiger partial charge in [-0.25, -0.2) is 9.48 Å². The second-order valence-corrected chi connectivity index (χ2v) is 6.15. The van der Waals surface area contributed by atoms with E-state index in [4.69, 9.17) is 16.3 Å². The van der Waals surface area contributed by atoms with Gasteiger partial charge in [0.05, 0.1) is 18.4 Å². The highest BCUT2D eigenvalue weighted by Crippen LogP contribution is 2.26. The number of esters is 1. The van der Waals surface area contributed by atoms with E-state index < -0.39 is 12.1 Å². The highest BCUT2D eigenvalue weighted by atomic mass is 35.5. The van der Waals surface area contributed by atoms with Gasteiger partial charge in [-0.05, 0) is 26.0 Å². The number of aliphatic hydroxyl groups excluding tert-OH is 1. The Labute approximate surface area is 143 Å². The van der Waals surface area contributed by atoms with Crippen molar-refractivity contribution < 1.29 is 14.6 Å². The number of thioether (sulfide) groups is 1. The predicted molar refractivity (Wildman–Crippen MR) is 89.5 cm³/mol. The lowest BCUT2D eigenvalue weighted by molar-refractivity contribution is 0.0515. The molecule has 2 aromatic rings. The van der Waals surface area contributed by atoms with Gasteiger partial charge >= 0.3 is 5.97 Å². The van der Waals surface area contributed by atoms with E-state index in [-0.39, 0.29) is 18.2 Å². The fourth-order valence-corrected chi connectivity index (χ4v) is 3.04. The molecule has 1 atom stereocenters. The van der Waals surface area contributed by atoms with E-state index in [0.29, 0.717) is 10.8 Å². The van der Waals surface area contributed by atoms with Crippen LogP contribution in [0.4, 0.5) is 0 Å². The number of nitrogens with zero attached hydrogens (tertiary/aromatic N) is 3. The Morgan fingerprint density at radius 1 is 1.43 bits per heavy atom. The number of aliphatic hydroxyl groups is 1. The third-order valence-corrected chi connectivity index (χ3v) is 4.51. The summed E-state index contributed by atoms with van der Waals surface area (Å²) in [5.41, 5.74) is 2.03. The zero-order valence-electron chi connectivity index (χ0n) is 12.9. The highest BCUT2D eigenvalue weighted by Gasteiger charge is 2.23. The maximum absolute atomic E-state index is 12.0. The molecule has 8 heteroatoms. The number of carbonyl (C=O) groups is 1. The Bertz CT molecular complexity index is 660. The first kappa shape index (κ1) is 17.8. The molecule has 124 valence electrons. The van der Waals surface area contributed by atoms with Crippen molar-refractivity contribution in [1.82, 2.24) is 15.0 Å². The van der Waals surface area contributed by atoms with E-state index >= 15 is 0 Å². The standard InChI is InChI=1S/C15H18ClN3O3S/c1-3-22-15(21)13-14(23-9-12(20)8-16)19(18-17-13)11-6-4-10(2)5-7-11/h4-7,12,20H,3,8-9H2,1-2H3. The molecule has 0 aliphatic rings. The number of alkyl halides is 1. The quantitative estimate of drug-likeness (QED) is 0.467. The van der Waals surface area contributed by atoms with Crippen molar-refractivity contribution in [2.24, 2.45) is 0 Å². The van der Waals surface area contributed by atoms with Crippen LogP contribution < -0.4 is 0 Å². The van der Waals surface area contributed by atoms with Crippen molar-refractivity contribution in [2.75, 3.05) is 18.2 Å². The summed E-state index contributed by atoms with van der Waals surface area (Å²) in [5.74, 6) is -0.0862.